The second-order valence-corrected chi connectivity index (χ2v) is 5.16. The zero-order valence-corrected chi connectivity index (χ0v) is 11.1. The van der Waals surface area contributed by atoms with Crippen LogP contribution < -0.4 is 5.73 Å². The molecule has 1 unspecified atom stereocenters. The minimum Gasteiger partial charge on any atom is -0.468 e. The molecule has 1 fully saturated rings. The Balaban J connectivity index is 2.37. The normalized spacial score (nSPS) is 21.2. The van der Waals surface area contributed by atoms with Crippen LogP contribution in [0.15, 0.2) is 0 Å². The zero-order valence-electron chi connectivity index (χ0n) is 11.1. The van der Waals surface area contributed by atoms with Gasteiger partial charge in [0.1, 0.15) is 5.54 Å². The maximum Gasteiger partial charge on any atom is 0.326 e. The van der Waals surface area contributed by atoms with Crippen LogP contribution in [-0.4, -0.2) is 56.9 Å². The van der Waals surface area contributed by atoms with Crippen LogP contribution in [0.25, 0.3) is 0 Å². The fourth-order valence-electron chi connectivity index (χ4n) is 2.29. The van der Waals surface area contributed by atoms with E-state index in [4.69, 9.17) is 15.2 Å². The predicted octanol–water partition coefficient (Wildman–Crippen LogP) is 0.235. The van der Waals surface area contributed by atoms with Gasteiger partial charge >= 0.3 is 5.97 Å². The summed E-state index contributed by atoms with van der Waals surface area (Å²) in [6.45, 7) is 4.86. The van der Waals surface area contributed by atoms with Crippen LogP contribution >= 0.6 is 0 Å². The Hall–Kier alpha value is -0.650. The molecule has 0 aromatic rings. The quantitative estimate of drug-likeness (QED) is 0.702. The molecule has 1 aliphatic rings. The van der Waals surface area contributed by atoms with E-state index in [1.165, 1.54) is 7.11 Å². The van der Waals surface area contributed by atoms with Crippen LogP contribution in [0.4, 0.5) is 0 Å². The summed E-state index contributed by atoms with van der Waals surface area (Å²) in [6.07, 6.45) is 2.17. The van der Waals surface area contributed by atoms with Crippen molar-refractivity contribution in [3.63, 3.8) is 0 Å². The van der Waals surface area contributed by atoms with Gasteiger partial charge in [-0.2, -0.15) is 0 Å². The molecule has 0 aromatic carbocycles. The number of carbonyl (C=O) groups excluding carboxylic acids is 1. The van der Waals surface area contributed by atoms with Gasteiger partial charge in [0, 0.05) is 26.3 Å². The van der Waals surface area contributed by atoms with Crippen molar-refractivity contribution in [2.24, 2.45) is 11.7 Å². The zero-order chi connectivity index (χ0) is 12.9. The third-order valence-corrected chi connectivity index (χ3v) is 3.16. The standard InChI is InChI=1S/C12H24N2O3/c1-12(13,11(15)16-3)9-14(2)8-10-4-6-17-7-5-10/h10H,4-9,13H2,1-3H3. The lowest BCUT2D eigenvalue weighted by Crippen LogP contribution is -2.54. The van der Waals surface area contributed by atoms with Crippen molar-refractivity contribution in [2.45, 2.75) is 25.3 Å². The van der Waals surface area contributed by atoms with Crippen molar-refractivity contribution in [3.05, 3.63) is 0 Å². The van der Waals surface area contributed by atoms with E-state index in [1.807, 2.05) is 7.05 Å². The highest BCUT2D eigenvalue weighted by atomic mass is 16.5. The summed E-state index contributed by atoms with van der Waals surface area (Å²) in [5, 5.41) is 0. The second kappa shape index (κ2) is 6.33. The highest BCUT2D eigenvalue weighted by molar-refractivity contribution is 5.80. The van der Waals surface area contributed by atoms with E-state index in [9.17, 15) is 4.79 Å². The van der Waals surface area contributed by atoms with E-state index in [0.29, 0.717) is 12.5 Å². The van der Waals surface area contributed by atoms with Gasteiger partial charge in [0.2, 0.25) is 0 Å². The number of carbonyl (C=O) groups is 1. The Bertz CT molecular complexity index is 250. The van der Waals surface area contributed by atoms with Gasteiger partial charge in [0.05, 0.1) is 7.11 Å². The first-order valence-corrected chi connectivity index (χ1v) is 6.09. The molecule has 5 nitrogen and oxygen atoms in total. The van der Waals surface area contributed by atoms with Crippen LogP contribution in [0.2, 0.25) is 0 Å². The maximum atomic E-state index is 11.5. The molecule has 100 valence electrons. The minimum absolute atomic E-state index is 0.365. The van der Waals surface area contributed by atoms with E-state index >= 15 is 0 Å². The molecular formula is C12H24N2O3. The van der Waals surface area contributed by atoms with Gasteiger partial charge in [-0.25, -0.2) is 0 Å². The van der Waals surface area contributed by atoms with E-state index in [1.54, 1.807) is 6.92 Å². The molecule has 0 spiro atoms. The molecule has 1 rings (SSSR count). The SMILES string of the molecule is COC(=O)C(C)(N)CN(C)CC1CCOCC1. The fourth-order valence-corrected chi connectivity index (χ4v) is 2.29. The molecule has 1 atom stereocenters. The van der Waals surface area contributed by atoms with Gasteiger partial charge in [-0.3, -0.25) is 4.79 Å². The Labute approximate surface area is 103 Å². The summed E-state index contributed by atoms with van der Waals surface area (Å²) in [7, 11) is 3.36. The van der Waals surface area contributed by atoms with Crippen LogP contribution in [-0.2, 0) is 14.3 Å². The van der Waals surface area contributed by atoms with Gasteiger partial charge in [0.15, 0.2) is 0 Å². The van der Waals surface area contributed by atoms with Gasteiger partial charge in [0.25, 0.3) is 0 Å². The summed E-state index contributed by atoms with van der Waals surface area (Å²) in [4.78, 5) is 13.6. The number of nitrogens with two attached hydrogens (primary N) is 1. The van der Waals surface area contributed by atoms with Crippen molar-refractivity contribution in [1.29, 1.82) is 0 Å². The number of likely N-dealkylation sites (N-methyl/N-ethyl adjacent to an activating group) is 1. The molecule has 0 saturated carbocycles. The predicted molar refractivity (Wildman–Crippen MR) is 65.6 cm³/mol. The summed E-state index contributed by atoms with van der Waals surface area (Å²) >= 11 is 0. The van der Waals surface area contributed by atoms with Crippen LogP contribution in [0.3, 0.4) is 0 Å². The van der Waals surface area contributed by atoms with E-state index in [2.05, 4.69) is 4.90 Å². The molecule has 0 amide bonds. The molecule has 5 heteroatoms. The summed E-state index contributed by atoms with van der Waals surface area (Å²) in [6, 6.07) is 0. The number of hydrogen-bond acceptors (Lipinski definition) is 5. The number of rotatable bonds is 5. The average Bonchev–Trinajstić information content (AvgIpc) is 2.28. The second-order valence-electron chi connectivity index (χ2n) is 5.16. The molecular weight excluding hydrogens is 220 g/mol. The first-order chi connectivity index (χ1) is 7.95. The monoisotopic (exact) mass is 244 g/mol. The third kappa shape index (κ3) is 4.61. The van der Waals surface area contributed by atoms with Gasteiger partial charge in [-0.05, 0) is 32.7 Å². The van der Waals surface area contributed by atoms with E-state index in [-0.39, 0.29) is 5.97 Å². The smallest absolute Gasteiger partial charge is 0.326 e. The van der Waals surface area contributed by atoms with Gasteiger partial charge in [-0.15, -0.1) is 0 Å². The third-order valence-electron chi connectivity index (χ3n) is 3.16. The van der Waals surface area contributed by atoms with Crippen LogP contribution in [0.5, 0.6) is 0 Å². The molecule has 1 aliphatic heterocycles. The summed E-state index contributed by atoms with van der Waals surface area (Å²) < 4.78 is 10.0. The number of ether oxygens (including phenoxy) is 2. The fraction of sp³-hybridized carbons (Fsp3) is 0.917. The Morgan fingerprint density at radius 3 is 2.65 bits per heavy atom. The lowest BCUT2D eigenvalue weighted by Gasteiger charge is -2.31. The first kappa shape index (κ1) is 14.4. The first-order valence-electron chi connectivity index (χ1n) is 6.09. The molecule has 0 bridgehead atoms. The van der Waals surface area contributed by atoms with Crippen LogP contribution in [0, 0.1) is 5.92 Å². The lowest BCUT2D eigenvalue weighted by atomic mass is 9.98. The van der Waals surface area contributed by atoms with Crippen molar-refractivity contribution < 1.29 is 14.3 Å². The molecule has 0 radical (unpaired) electrons. The molecule has 2 N–H and O–H groups in total. The lowest BCUT2D eigenvalue weighted by molar-refractivity contribution is -0.147. The topological polar surface area (TPSA) is 64.8 Å². The largest absolute Gasteiger partial charge is 0.468 e. The summed E-state index contributed by atoms with van der Waals surface area (Å²) in [5.41, 5.74) is 5.00. The van der Waals surface area contributed by atoms with E-state index in [0.717, 1.165) is 32.6 Å². The average molecular weight is 244 g/mol. The number of nitrogens with zero attached hydrogens (tertiary/aromatic N) is 1. The molecule has 1 heterocycles. The molecule has 0 aliphatic carbocycles. The van der Waals surface area contributed by atoms with Crippen molar-refractivity contribution in [2.75, 3.05) is 40.5 Å². The number of methoxy groups -OCH3 is 1. The molecule has 0 aromatic heterocycles. The molecule has 1 saturated heterocycles. The Morgan fingerprint density at radius 1 is 1.53 bits per heavy atom. The number of esters is 1. The highest BCUT2D eigenvalue weighted by Crippen LogP contribution is 2.16. The van der Waals surface area contributed by atoms with Gasteiger partial charge < -0.3 is 20.1 Å². The molecule has 17 heavy (non-hydrogen) atoms. The van der Waals surface area contributed by atoms with Crippen molar-refractivity contribution >= 4 is 5.97 Å². The number of hydrogen-bond donors (Lipinski definition) is 1. The Kier molecular flexibility index (Phi) is 5.36. The Morgan fingerprint density at radius 2 is 2.12 bits per heavy atom. The maximum absolute atomic E-state index is 11.5. The van der Waals surface area contributed by atoms with Crippen molar-refractivity contribution in [1.82, 2.24) is 4.90 Å². The van der Waals surface area contributed by atoms with Crippen molar-refractivity contribution in [3.8, 4) is 0 Å². The summed E-state index contributed by atoms with van der Waals surface area (Å²) in [5.74, 6) is 0.276. The van der Waals surface area contributed by atoms with Crippen LogP contribution in [0.1, 0.15) is 19.8 Å². The minimum atomic E-state index is -0.936. The highest BCUT2D eigenvalue weighted by Gasteiger charge is 2.31. The van der Waals surface area contributed by atoms with E-state index < -0.39 is 5.54 Å². The van der Waals surface area contributed by atoms with Gasteiger partial charge in [-0.1, -0.05) is 0 Å².